The van der Waals surface area contributed by atoms with Gasteiger partial charge in [-0.2, -0.15) is 0 Å². The van der Waals surface area contributed by atoms with Gasteiger partial charge in [-0.05, 0) is 55.4 Å². The zero-order valence-corrected chi connectivity index (χ0v) is 12.9. The Morgan fingerprint density at radius 3 is 2.48 bits per heavy atom. The third-order valence-electron chi connectivity index (χ3n) is 4.19. The average Bonchev–Trinajstić information content (AvgIpc) is 2.55. The SMILES string of the molecule is Clc1ccc([C@H]2CCC[C@@H](CCc3ccccc3)O2)cc1. The van der Waals surface area contributed by atoms with Crippen LogP contribution in [0.4, 0.5) is 0 Å². The Morgan fingerprint density at radius 1 is 0.952 bits per heavy atom. The highest BCUT2D eigenvalue weighted by atomic mass is 35.5. The third kappa shape index (κ3) is 4.09. The van der Waals surface area contributed by atoms with Crippen molar-refractivity contribution in [1.82, 2.24) is 0 Å². The molecule has 0 saturated carbocycles. The fraction of sp³-hybridized carbons (Fsp3) is 0.368. The van der Waals surface area contributed by atoms with Crippen LogP contribution in [-0.2, 0) is 11.2 Å². The molecule has 2 aromatic rings. The van der Waals surface area contributed by atoms with Gasteiger partial charge in [-0.3, -0.25) is 0 Å². The van der Waals surface area contributed by atoms with Gasteiger partial charge in [-0.25, -0.2) is 0 Å². The number of rotatable bonds is 4. The molecule has 1 nitrogen and oxygen atoms in total. The summed E-state index contributed by atoms with van der Waals surface area (Å²) in [6.45, 7) is 0. The summed E-state index contributed by atoms with van der Waals surface area (Å²) < 4.78 is 6.29. The van der Waals surface area contributed by atoms with Crippen molar-refractivity contribution in [3.8, 4) is 0 Å². The normalized spacial score (nSPS) is 22.1. The quantitative estimate of drug-likeness (QED) is 0.716. The maximum absolute atomic E-state index is 6.29. The van der Waals surface area contributed by atoms with Crippen LogP contribution >= 0.6 is 11.6 Å². The number of hydrogen-bond donors (Lipinski definition) is 0. The minimum absolute atomic E-state index is 0.233. The average molecular weight is 301 g/mol. The Bertz CT molecular complexity index is 550. The molecule has 0 aliphatic carbocycles. The van der Waals surface area contributed by atoms with Gasteiger partial charge in [0.05, 0.1) is 12.2 Å². The molecule has 0 N–H and O–H groups in total. The minimum atomic E-state index is 0.233. The van der Waals surface area contributed by atoms with Crippen molar-refractivity contribution < 1.29 is 4.74 Å². The van der Waals surface area contributed by atoms with Gasteiger partial charge < -0.3 is 4.74 Å². The van der Waals surface area contributed by atoms with E-state index < -0.39 is 0 Å². The second-order valence-corrected chi connectivity index (χ2v) is 6.19. The molecule has 0 aromatic heterocycles. The lowest BCUT2D eigenvalue weighted by Gasteiger charge is -2.30. The molecule has 0 radical (unpaired) electrons. The molecule has 110 valence electrons. The van der Waals surface area contributed by atoms with Gasteiger partial charge in [-0.1, -0.05) is 54.1 Å². The molecule has 1 heterocycles. The first-order valence-corrected chi connectivity index (χ1v) is 8.14. The van der Waals surface area contributed by atoms with Crippen molar-refractivity contribution in [3.05, 3.63) is 70.7 Å². The van der Waals surface area contributed by atoms with Crippen LogP contribution in [0, 0.1) is 0 Å². The molecular formula is C19H21ClO. The minimum Gasteiger partial charge on any atom is -0.370 e. The summed E-state index contributed by atoms with van der Waals surface area (Å²) in [4.78, 5) is 0. The van der Waals surface area contributed by atoms with E-state index >= 15 is 0 Å². The predicted octanol–water partition coefficient (Wildman–Crippen LogP) is 5.58. The Morgan fingerprint density at radius 2 is 1.71 bits per heavy atom. The smallest absolute Gasteiger partial charge is 0.0828 e. The van der Waals surface area contributed by atoms with E-state index in [0.29, 0.717) is 6.10 Å². The zero-order chi connectivity index (χ0) is 14.5. The van der Waals surface area contributed by atoms with E-state index in [9.17, 15) is 0 Å². The van der Waals surface area contributed by atoms with Gasteiger partial charge >= 0.3 is 0 Å². The fourth-order valence-electron chi connectivity index (χ4n) is 3.01. The van der Waals surface area contributed by atoms with Crippen molar-refractivity contribution in [2.75, 3.05) is 0 Å². The molecule has 2 atom stereocenters. The first-order valence-electron chi connectivity index (χ1n) is 7.76. The summed E-state index contributed by atoms with van der Waals surface area (Å²) in [5.41, 5.74) is 2.65. The molecule has 0 unspecified atom stereocenters. The molecule has 1 saturated heterocycles. The van der Waals surface area contributed by atoms with Gasteiger partial charge in [0.25, 0.3) is 0 Å². The lowest BCUT2D eigenvalue weighted by Crippen LogP contribution is -2.23. The van der Waals surface area contributed by atoms with Gasteiger partial charge in [0.15, 0.2) is 0 Å². The number of benzene rings is 2. The highest BCUT2D eigenvalue weighted by Gasteiger charge is 2.23. The standard InChI is InChI=1S/C19H21ClO/c20-17-12-10-16(11-13-17)19-8-4-7-18(21-19)14-9-15-5-2-1-3-6-15/h1-3,5-6,10-13,18-19H,4,7-9,14H2/t18-,19+/m0/s1. The Hall–Kier alpha value is -1.31. The van der Waals surface area contributed by atoms with Crippen molar-refractivity contribution in [2.24, 2.45) is 0 Å². The van der Waals surface area contributed by atoms with E-state index in [1.807, 2.05) is 12.1 Å². The van der Waals surface area contributed by atoms with E-state index in [0.717, 1.165) is 24.3 Å². The topological polar surface area (TPSA) is 9.23 Å². The fourth-order valence-corrected chi connectivity index (χ4v) is 3.13. The van der Waals surface area contributed by atoms with Gasteiger partial charge in [0.2, 0.25) is 0 Å². The molecule has 1 aliphatic rings. The van der Waals surface area contributed by atoms with Crippen LogP contribution in [-0.4, -0.2) is 6.10 Å². The largest absolute Gasteiger partial charge is 0.370 e. The van der Waals surface area contributed by atoms with Crippen molar-refractivity contribution >= 4 is 11.6 Å². The summed E-state index contributed by atoms with van der Waals surface area (Å²) in [6, 6.07) is 18.7. The monoisotopic (exact) mass is 300 g/mol. The molecule has 1 fully saturated rings. The van der Waals surface area contributed by atoms with Crippen molar-refractivity contribution in [1.29, 1.82) is 0 Å². The second kappa shape index (κ2) is 7.11. The van der Waals surface area contributed by atoms with E-state index in [1.54, 1.807) is 0 Å². The first kappa shape index (κ1) is 14.6. The zero-order valence-electron chi connectivity index (χ0n) is 12.2. The number of halogens is 1. The second-order valence-electron chi connectivity index (χ2n) is 5.75. The number of hydrogen-bond acceptors (Lipinski definition) is 1. The third-order valence-corrected chi connectivity index (χ3v) is 4.44. The lowest BCUT2D eigenvalue weighted by molar-refractivity contribution is -0.0546. The first-order chi connectivity index (χ1) is 10.3. The summed E-state index contributed by atoms with van der Waals surface area (Å²) in [6.07, 6.45) is 6.34. The van der Waals surface area contributed by atoms with E-state index in [4.69, 9.17) is 16.3 Å². The maximum Gasteiger partial charge on any atom is 0.0828 e. The lowest BCUT2D eigenvalue weighted by atomic mass is 9.95. The predicted molar refractivity (Wildman–Crippen MR) is 87.7 cm³/mol. The summed E-state index contributed by atoms with van der Waals surface area (Å²) in [5.74, 6) is 0. The van der Waals surface area contributed by atoms with Crippen LogP contribution in [0.5, 0.6) is 0 Å². The molecule has 3 rings (SSSR count). The number of ether oxygens (including phenoxy) is 1. The Kier molecular flexibility index (Phi) is 4.95. The summed E-state index contributed by atoms with van der Waals surface area (Å²) in [5, 5.41) is 0.787. The molecule has 0 amide bonds. The number of aryl methyl sites for hydroxylation is 1. The van der Waals surface area contributed by atoms with E-state index in [2.05, 4.69) is 42.5 Å². The molecule has 21 heavy (non-hydrogen) atoms. The van der Waals surface area contributed by atoms with E-state index in [-0.39, 0.29) is 6.10 Å². The Balaban J connectivity index is 1.57. The molecule has 2 aromatic carbocycles. The molecule has 0 bridgehead atoms. The molecule has 2 heteroatoms. The van der Waals surface area contributed by atoms with Crippen LogP contribution in [0.25, 0.3) is 0 Å². The molecule has 1 aliphatic heterocycles. The van der Waals surface area contributed by atoms with Crippen LogP contribution in [0.1, 0.15) is 42.9 Å². The summed E-state index contributed by atoms with van der Waals surface area (Å²) in [7, 11) is 0. The van der Waals surface area contributed by atoms with Crippen molar-refractivity contribution in [2.45, 2.75) is 44.3 Å². The van der Waals surface area contributed by atoms with Gasteiger partial charge in [0, 0.05) is 5.02 Å². The highest BCUT2D eigenvalue weighted by Crippen LogP contribution is 2.33. The van der Waals surface area contributed by atoms with Gasteiger partial charge in [0.1, 0.15) is 0 Å². The van der Waals surface area contributed by atoms with Crippen LogP contribution in [0.15, 0.2) is 54.6 Å². The maximum atomic E-state index is 6.29. The molecular weight excluding hydrogens is 280 g/mol. The Labute approximate surface area is 131 Å². The van der Waals surface area contributed by atoms with Crippen molar-refractivity contribution in [3.63, 3.8) is 0 Å². The van der Waals surface area contributed by atoms with Gasteiger partial charge in [-0.15, -0.1) is 0 Å². The highest BCUT2D eigenvalue weighted by molar-refractivity contribution is 6.30. The molecule has 0 spiro atoms. The van der Waals surface area contributed by atoms with E-state index in [1.165, 1.54) is 24.0 Å². The van der Waals surface area contributed by atoms with Crippen LogP contribution in [0.2, 0.25) is 5.02 Å². The van der Waals surface area contributed by atoms with Crippen LogP contribution in [0.3, 0.4) is 0 Å². The van der Waals surface area contributed by atoms with Crippen LogP contribution < -0.4 is 0 Å². The summed E-state index contributed by atoms with van der Waals surface area (Å²) >= 11 is 5.96.